The number of aromatic nitrogens is 1. The summed E-state index contributed by atoms with van der Waals surface area (Å²) in [6.07, 6.45) is 3.33. The molecule has 0 aliphatic carbocycles. The van der Waals surface area contributed by atoms with Crippen LogP contribution in [0, 0.1) is 5.92 Å². The van der Waals surface area contributed by atoms with Crippen molar-refractivity contribution in [2.45, 2.75) is 17.9 Å². The summed E-state index contributed by atoms with van der Waals surface area (Å²) in [7, 11) is 0. The normalized spacial score (nSPS) is 19.2. The second-order valence-corrected chi connectivity index (χ2v) is 5.53. The lowest BCUT2D eigenvalue weighted by Gasteiger charge is -2.31. The molecule has 0 aromatic carbocycles. The average Bonchev–Trinajstić information content (AvgIpc) is 2.46. The molecule has 2 heterocycles. The van der Waals surface area contributed by atoms with E-state index in [1.165, 1.54) is 11.8 Å². The molecule has 1 atom stereocenters. The van der Waals surface area contributed by atoms with Gasteiger partial charge in [-0.3, -0.25) is 9.59 Å². The van der Waals surface area contributed by atoms with E-state index in [4.69, 9.17) is 5.73 Å². The number of piperidine rings is 1. The van der Waals surface area contributed by atoms with Gasteiger partial charge in [-0.25, -0.2) is 4.98 Å². The molecule has 0 bridgehead atoms. The van der Waals surface area contributed by atoms with Gasteiger partial charge in [0.1, 0.15) is 0 Å². The second-order valence-electron chi connectivity index (χ2n) is 4.54. The number of likely N-dealkylation sites (tertiary alicyclic amines) is 1. The summed E-state index contributed by atoms with van der Waals surface area (Å²) in [6.45, 7) is 1.17. The van der Waals surface area contributed by atoms with Crippen LogP contribution in [0.1, 0.15) is 12.8 Å². The van der Waals surface area contributed by atoms with E-state index < -0.39 is 0 Å². The lowest BCUT2D eigenvalue weighted by molar-refractivity contribution is -0.132. The van der Waals surface area contributed by atoms with Gasteiger partial charge in [-0.05, 0) is 25.0 Å². The predicted molar refractivity (Wildman–Crippen MR) is 73.5 cm³/mol. The van der Waals surface area contributed by atoms with Crippen LogP contribution in [-0.2, 0) is 9.59 Å². The first-order valence-electron chi connectivity index (χ1n) is 6.27. The van der Waals surface area contributed by atoms with Crippen LogP contribution in [0.25, 0.3) is 0 Å². The summed E-state index contributed by atoms with van der Waals surface area (Å²) in [4.78, 5) is 29.1. The molecule has 2 N–H and O–H groups in total. The van der Waals surface area contributed by atoms with Crippen molar-refractivity contribution in [1.29, 1.82) is 0 Å². The molecule has 19 heavy (non-hydrogen) atoms. The van der Waals surface area contributed by atoms with Crippen LogP contribution in [0.2, 0.25) is 0 Å². The number of carbonyl (C=O) groups excluding carboxylic acids is 2. The number of primary amides is 1. The van der Waals surface area contributed by atoms with Crippen LogP contribution >= 0.6 is 11.8 Å². The minimum Gasteiger partial charge on any atom is -0.369 e. The molecule has 1 aromatic rings. The molecule has 0 unspecified atom stereocenters. The standard InChI is InChI=1S/C13H17N3O2S/c14-13(18)10-4-3-7-16(8-10)12(17)9-19-11-5-1-2-6-15-11/h1-2,5-6,10H,3-4,7-9H2,(H2,14,18)/t10-/m0/s1. The van der Waals surface area contributed by atoms with E-state index in [1.807, 2.05) is 18.2 Å². The van der Waals surface area contributed by atoms with Crippen LogP contribution in [0.5, 0.6) is 0 Å². The zero-order valence-electron chi connectivity index (χ0n) is 10.6. The van der Waals surface area contributed by atoms with Crippen molar-refractivity contribution in [2.24, 2.45) is 11.7 Å². The zero-order chi connectivity index (χ0) is 13.7. The molecule has 6 heteroatoms. The highest BCUT2D eigenvalue weighted by Crippen LogP contribution is 2.19. The summed E-state index contributed by atoms with van der Waals surface area (Å²) in [6, 6.07) is 5.61. The third-order valence-electron chi connectivity index (χ3n) is 3.16. The van der Waals surface area contributed by atoms with Crippen molar-refractivity contribution < 1.29 is 9.59 Å². The van der Waals surface area contributed by atoms with Crippen molar-refractivity contribution in [3.8, 4) is 0 Å². The average molecular weight is 279 g/mol. The zero-order valence-corrected chi connectivity index (χ0v) is 11.4. The molecular weight excluding hydrogens is 262 g/mol. The van der Waals surface area contributed by atoms with E-state index in [-0.39, 0.29) is 17.7 Å². The summed E-state index contributed by atoms with van der Waals surface area (Å²) in [5.41, 5.74) is 5.30. The topological polar surface area (TPSA) is 76.3 Å². The third-order valence-corrected chi connectivity index (χ3v) is 4.09. The summed E-state index contributed by atoms with van der Waals surface area (Å²) < 4.78 is 0. The molecule has 1 saturated heterocycles. The first-order chi connectivity index (χ1) is 9.16. The molecule has 102 valence electrons. The Morgan fingerprint density at radius 2 is 2.32 bits per heavy atom. The highest BCUT2D eigenvalue weighted by molar-refractivity contribution is 7.99. The summed E-state index contributed by atoms with van der Waals surface area (Å²) in [5, 5.41) is 0.833. The highest BCUT2D eigenvalue weighted by atomic mass is 32.2. The minimum absolute atomic E-state index is 0.0432. The molecule has 1 aliphatic heterocycles. The predicted octanol–water partition coefficient (Wildman–Crippen LogP) is 0.898. The smallest absolute Gasteiger partial charge is 0.233 e. The number of rotatable bonds is 4. The molecule has 2 rings (SSSR count). The van der Waals surface area contributed by atoms with Gasteiger partial charge in [-0.1, -0.05) is 17.8 Å². The molecule has 5 nitrogen and oxygen atoms in total. The van der Waals surface area contributed by atoms with Gasteiger partial charge in [0.25, 0.3) is 0 Å². The van der Waals surface area contributed by atoms with Crippen LogP contribution < -0.4 is 5.73 Å². The van der Waals surface area contributed by atoms with Crippen molar-refractivity contribution in [1.82, 2.24) is 9.88 Å². The molecule has 2 amide bonds. The highest BCUT2D eigenvalue weighted by Gasteiger charge is 2.26. The molecule has 1 aliphatic rings. The molecule has 0 saturated carbocycles. The maximum atomic E-state index is 12.1. The first-order valence-corrected chi connectivity index (χ1v) is 7.26. The van der Waals surface area contributed by atoms with Gasteiger partial charge in [-0.15, -0.1) is 0 Å². The van der Waals surface area contributed by atoms with Crippen LogP contribution in [0.15, 0.2) is 29.4 Å². The molecular formula is C13H17N3O2S. The van der Waals surface area contributed by atoms with Gasteiger partial charge in [0, 0.05) is 19.3 Å². The Balaban J connectivity index is 1.84. The van der Waals surface area contributed by atoms with Crippen molar-refractivity contribution in [2.75, 3.05) is 18.8 Å². The summed E-state index contributed by atoms with van der Waals surface area (Å²) >= 11 is 1.41. The SMILES string of the molecule is NC(=O)[C@H]1CCCN(C(=O)CSc2ccccn2)C1. The molecule has 1 aromatic heterocycles. The van der Waals surface area contributed by atoms with Crippen LogP contribution in [0.4, 0.5) is 0 Å². The number of hydrogen-bond donors (Lipinski definition) is 1. The van der Waals surface area contributed by atoms with E-state index >= 15 is 0 Å². The number of carbonyl (C=O) groups is 2. The van der Waals surface area contributed by atoms with Crippen LogP contribution in [0.3, 0.4) is 0 Å². The van der Waals surface area contributed by atoms with E-state index in [9.17, 15) is 9.59 Å². The fourth-order valence-electron chi connectivity index (χ4n) is 2.10. The number of hydrogen-bond acceptors (Lipinski definition) is 4. The minimum atomic E-state index is -0.310. The lowest BCUT2D eigenvalue weighted by atomic mass is 9.97. The lowest BCUT2D eigenvalue weighted by Crippen LogP contribution is -2.44. The number of pyridine rings is 1. The fourth-order valence-corrected chi connectivity index (χ4v) is 2.86. The summed E-state index contributed by atoms with van der Waals surface area (Å²) in [5.74, 6) is -0.114. The van der Waals surface area contributed by atoms with E-state index in [0.717, 1.165) is 17.9 Å². The third kappa shape index (κ3) is 3.96. The Morgan fingerprint density at radius 1 is 1.47 bits per heavy atom. The van der Waals surface area contributed by atoms with E-state index in [2.05, 4.69) is 4.98 Å². The Labute approximate surface area is 116 Å². The van der Waals surface area contributed by atoms with Crippen LogP contribution in [-0.4, -0.2) is 40.5 Å². The quantitative estimate of drug-likeness (QED) is 0.831. The van der Waals surface area contributed by atoms with Crippen molar-refractivity contribution >= 4 is 23.6 Å². The Hall–Kier alpha value is -1.56. The fraction of sp³-hybridized carbons (Fsp3) is 0.462. The first kappa shape index (κ1) is 13.9. The molecule has 0 radical (unpaired) electrons. The van der Waals surface area contributed by atoms with Gasteiger partial charge < -0.3 is 10.6 Å². The Morgan fingerprint density at radius 3 is 3.00 bits per heavy atom. The molecule has 0 spiro atoms. The Kier molecular flexibility index (Phi) is 4.79. The Bertz CT molecular complexity index is 452. The number of nitrogens with two attached hydrogens (primary N) is 1. The van der Waals surface area contributed by atoms with Gasteiger partial charge in [0.2, 0.25) is 11.8 Å². The van der Waals surface area contributed by atoms with E-state index in [1.54, 1.807) is 11.1 Å². The maximum Gasteiger partial charge on any atom is 0.233 e. The van der Waals surface area contributed by atoms with Gasteiger partial charge in [0.05, 0.1) is 16.7 Å². The van der Waals surface area contributed by atoms with E-state index in [0.29, 0.717) is 18.8 Å². The molecule has 1 fully saturated rings. The number of thioether (sulfide) groups is 1. The number of nitrogens with zero attached hydrogens (tertiary/aromatic N) is 2. The van der Waals surface area contributed by atoms with Gasteiger partial charge >= 0.3 is 0 Å². The second kappa shape index (κ2) is 6.56. The van der Waals surface area contributed by atoms with Gasteiger partial charge in [0.15, 0.2) is 0 Å². The largest absolute Gasteiger partial charge is 0.369 e. The number of amides is 2. The van der Waals surface area contributed by atoms with Crippen molar-refractivity contribution in [3.05, 3.63) is 24.4 Å². The maximum absolute atomic E-state index is 12.1. The van der Waals surface area contributed by atoms with Crippen molar-refractivity contribution in [3.63, 3.8) is 0 Å². The van der Waals surface area contributed by atoms with Gasteiger partial charge in [-0.2, -0.15) is 0 Å². The monoisotopic (exact) mass is 279 g/mol.